The van der Waals surface area contributed by atoms with Crippen molar-refractivity contribution in [2.24, 2.45) is 0 Å². The zero-order valence-electron chi connectivity index (χ0n) is 16.3. The van der Waals surface area contributed by atoms with E-state index in [1.165, 1.54) is 11.8 Å². The van der Waals surface area contributed by atoms with E-state index in [0.29, 0.717) is 27.3 Å². The molecule has 10 heteroatoms. The molecule has 0 bridgehead atoms. The van der Waals surface area contributed by atoms with Gasteiger partial charge in [0.2, 0.25) is 5.91 Å². The summed E-state index contributed by atoms with van der Waals surface area (Å²) >= 11 is 14.0. The number of hydrogen-bond donors (Lipinski definition) is 1. The van der Waals surface area contributed by atoms with Crippen LogP contribution in [-0.4, -0.2) is 47.2 Å². The smallest absolute Gasteiger partial charge is 0.230 e. The highest BCUT2D eigenvalue weighted by molar-refractivity contribution is 7.99. The number of carbonyl (C=O) groups is 1. The van der Waals surface area contributed by atoms with E-state index in [4.69, 9.17) is 23.2 Å². The standard InChI is InChI=1S/C21H19Cl2N3O3S2/c22-16-7-4-8-17(20(16)23)26-18(14-5-2-1-3-6-14)11-24-21(26)30-12-19(27)25-15-9-10-31(28,29)13-15/h1-8,11,15H,9-10,12-13H2,(H,25,27). The maximum absolute atomic E-state index is 12.4. The summed E-state index contributed by atoms with van der Waals surface area (Å²) in [7, 11) is -3.05. The predicted molar refractivity (Wildman–Crippen MR) is 125 cm³/mol. The lowest BCUT2D eigenvalue weighted by Gasteiger charge is -2.15. The number of nitrogens with zero attached hydrogens (tertiary/aromatic N) is 2. The van der Waals surface area contributed by atoms with Crippen molar-refractivity contribution in [3.05, 3.63) is 64.8 Å². The molecule has 1 saturated heterocycles. The summed E-state index contributed by atoms with van der Waals surface area (Å²) in [6, 6.07) is 14.8. The molecule has 0 spiro atoms. The number of nitrogens with one attached hydrogen (secondary N) is 1. The molecule has 6 nitrogen and oxygen atoms in total. The Morgan fingerprint density at radius 1 is 1.16 bits per heavy atom. The van der Waals surface area contributed by atoms with Crippen LogP contribution in [0.25, 0.3) is 16.9 Å². The second-order valence-electron chi connectivity index (χ2n) is 7.16. The zero-order valence-corrected chi connectivity index (χ0v) is 19.4. The molecule has 1 aromatic heterocycles. The van der Waals surface area contributed by atoms with Gasteiger partial charge in [0.25, 0.3) is 0 Å². The number of hydrogen-bond acceptors (Lipinski definition) is 5. The number of thioether (sulfide) groups is 1. The number of aromatic nitrogens is 2. The van der Waals surface area contributed by atoms with Crippen molar-refractivity contribution in [2.45, 2.75) is 17.6 Å². The molecule has 1 amide bonds. The molecule has 1 aliphatic heterocycles. The summed E-state index contributed by atoms with van der Waals surface area (Å²) in [6.45, 7) is 0. The van der Waals surface area contributed by atoms with Crippen LogP contribution in [0.1, 0.15) is 6.42 Å². The molecule has 1 atom stereocenters. The lowest BCUT2D eigenvalue weighted by atomic mass is 10.1. The fourth-order valence-electron chi connectivity index (χ4n) is 3.46. The van der Waals surface area contributed by atoms with Crippen LogP contribution in [0.5, 0.6) is 0 Å². The first kappa shape index (κ1) is 22.2. The second-order valence-corrected chi connectivity index (χ2v) is 11.1. The number of imidazole rings is 1. The molecule has 162 valence electrons. The van der Waals surface area contributed by atoms with Gasteiger partial charge in [0.15, 0.2) is 15.0 Å². The highest BCUT2D eigenvalue weighted by Gasteiger charge is 2.29. The topological polar surface area (TPSA) is 81.1 Å². The first-order valence-corrected chi connectivity index (χ1v) is 13.1. The fourth-order valence-corrected chi connectivity index (χ4v) is 6.31. The van der Waals surface area contributed by atoms with Gasteiger partial charge in [-0.2, -0.15) is 0 Å². The molecule has 31 heavy (non-hydrogen) atoms. The average Bonchev–Trinajstić information content (AvgIpc) is 3.31. The van der Waals surface area contributed by atoms with Crippen molar-refractivity contribution in [1.82, 2.24) is 14.9 Å². The quantitative estimate of drug-likeness (QED) is 0.517. The van der Waals surface area contributed by atoms with Gasteiger partial charge in [-0.3, -0.25) is 9.36 Å². The van der Waals surface area contributed by atoms with Crippen LogP contribution in [0.15, 0.2) is 59.9 Å². The summed E-state index contributed by atoms with van der Waals surface area (Å²) in [5.74, 6) is -0.0302. The first-order chi connectivity index (χ1) is 14.8. The Morgan fingerprint density at radius 3 is 2.65 bits per heavy atom. The van der Waals surface area contributed by atoms with E-state index in [0.717, 1.165) is 11.3 Å². The van der Waals surface area contributed by atoms with Gasteiger partial charge in [0.1, 0.15) is 0 Å². The normalized spacial score (nSPS) is 17.5. The molecule has 0 saturated carbocycles. The Hall–Kier alpha value is -2.00. The Balaban J connectivity index is 1.60. The Bertz CT molecular complexity index is 1210. The molecule has 1 aliphatic rings. The van der Waals surface area contributed by atoms with E-state index in [1.807, 2.05) is 41.0 Å². The van der Waals surface area contributed by atoms with Crippen molar-refractivity contribution in [3.63, 3.8) is 0 Å². The number of benzene rings is 2. The summed E-state index contributed by atoms with van der Waals surface area (Å²) in [4.78, 5) is 16.9. The van der Waals surface area contributed by atoms with Gasteiger partial charge in [-0.1, -0.05) is 71.4 Å². The number of halogens is 2. The summed E-state index contributed by atoms with van der Waals surface area (Å²) in [5, 5.41) is 4.19. The van der Waals surface area contributed by atoms with Crippen LogP contribution in [0.2, 0.25) is 10.0 Å². The number of sulfone groups is 1. The minimum atomic E-state index is -3.05. The molecular weight excluding hydrogens is 477 g/mol. The molecule has 2 heterocycles. The van der Waals surface area contributed by atoms with Gasteiger partial charge in [-0.05, 0) is 18.6 Å². The second kappa shape index (κ2) is 9.24. The van der Waals surface area contributed by atoms with Crippen molar-refractivity contribution in [1.29, 1.82) is 0 Å². The SMILES string of the molecule is O=C(CSc1ncc(-c2ccccc2)n1-c1cccc(Cl)c1Cl)NC1CCS(=O)(=O)C1. The van der Waals surface area contributed by atoms with Crippen LogP contribution >= 0.6 is 35.0 Å². The molecular formula is C21H19Cl2N3O3S2. The van der Waals surface area contributed by atoms with Gasteiger partial charge >= 0.3 is 0 Å². The lowest BCUT2D eigenvalue weighted by Crippen LogP contribution is -2.36. The largest absolute Gasteiger partial charge is 0.352 e. The van der Waals surface area contributed by atoms with Crippen LogP contribution in [0.4, 0.5) is 0 Å². The molecule has 0 radical (unpaired) electrons. The number of amides is 1. The van der Waals surface area contributed by atoms with Gasteiger partial charge in [-0.15, -0.1) is 0 Å². The van der Waals surface area contributed by atoms with Crippen molar-refractivity contribution in [2.75, 3.05) is 17.3 Å². The van der Waals surface area contributed by atoms with Gasteiger partial charge in [-0.25, -0.2) is 13.4 Å². The summed E-state index contributed by atoms with van der Waals surface area (Å²) < 4.78 is 25.1. The molecule has 1 unspecified atom stereocenters. The van der Waals surface area contributed by atoms with Crippen LogP contribution in [0.3, 0.4) is 0 Å². The molecule has 3 aromatic rings. The van der Waals surface area contributed by atoms with E-state index in [1.54, 1.807) is 18.3 Å². The number of carbonyl (C=O) groups excluding carboxylic acids is 1. The summed E-state index contributed by atoms with van der Waals surface area (Å²) in [5.41, 5.74) is 2.42. The van der Waals surface area contributed by atoms with E-state index in [9.17, 15) is 13.2 Å². The zero-order chi connectivity index (χ0) is 22.0. The lowest BCUT2D eigenvalue weighted by molar-refractivity contribution is -0.119. The van der Waals surface area contributed by atoms with Crippen LogP contribution in [-0.2, 0) is 14.6 Å². The fraction of sp³-hybridized carbons (Fsp3) is 0.238. The third-order valence-electron chi connectivity index (χ3n) is 4.90. The molecule has 1 fully saturated rings. The number of rotatable bonds is 6. The van der Waals surface area contributed by atoms with Crippen molar-refractivity contribution < 1.29 is 13.2 Å². The average molecular weight is 496 g/mol. The van der Waals surface area contributed by atoms with E-state index in [-0.39, 0.29) is 29.2 Å². The highest BCUT2D eigenvalue weighted by atomic mass is 35.5. The minimum absolute atomic E-state index is 0.00564. The monoisotopic (exact) mass is 495 g/mol. The van der Waals surface area contributed by atoms with E-state index < -0.39 is 9.84 Å². The predicted octanol–water partition coefficient (Wildman–Crippen LogP) is 4.24. The Morgan fingerprint density at radius 2 is 1.94 bits per heavy atom. The first-order valence-electron chi connectivity index (χ1n) is 9.54. The van der Waals surface area contributed by atoms with E-state index in [2.05, 4.69) is 10.3 Å². The molecule has 1 N–H and O–H groups in total. The van der Waals surface area contributed by atoms with Crippen molar-refractivity contribution >= 4 is 50.7 Å². The van der Waals surface area contributed by atoms with Gasteiger partial charge < -0.3 is 5.32 Å². The third kappa shape index (κ3) is 5.09. The Labute approximate surface area is 194 Å². The van der Waals surface area contributed by atoms with Crippen molar-refractivity contribution in [3.8, 4) is 16.9 Å². The van der Waals surface area contributed by atoms with E-state index >= 15 is 0 Å². The van der Waals surface area contributed by atoms with Crippen LogP contribution in [0, 0.1) is 0 Å². The van der Waals surface area contributed by atoms with Gasteiger partial charge in [0.05, 0.1) is 44.9 Å². The van der Waals surface area contributed by atoms with Crippen LogP contribution < -0.4 is 5.32 Å². The maximum atomic E-state index is 12.4. The third-order valence-corrected chi connectivity index (χ3v) is 8.43. The van der Waals surface area contributed by atoms with Gasteiger partial charge in [0, 0.05) is 11.6 Å². The minimum Gasteiger partial charge on any atom is -0.352 e. The summed E-state index contributed by atoms with van der Waals surface area (Å²) in [6.07, 6.45) is 2.18. The molecule has 0 aliphatic carbocycles. The maximum Gasteiger partial charge on any atom is 0.230 e. The molecule has 4 rings (SSSR count). The highest BCUT2D eigenvalue weighted by Crippen LogP contribution is 2.35. The molecule has 2 aromatic carbocycles. The Kier molecular flexibility index (Phi) is 6.62.